The molecule has 7 nitrogen and oxygen atoms in total. The van der Waals surface area contributed by atoms with Gasteiger partial charge < -0.3 is 14.8 Å². The van der Waals surface area contributed by atoms with Crippen molar-refractivity contribution >= 4 is 17.6 Å². The number of aromatic nitrogens is 2. The van der Waals surface area contributed by atoms with Crippen molar-refractivity contribution in [1.82, 2.24) is 14.5 Å². The predicted molar refractivity (Wildman–Crippen MR) is 88.6 cm³/mol. The zero-order valence-electron chi connectivity index (χ0n) is 13.3. The standard InChI is InChI=1S/C17H18N4O3/c1-20-10-13(5-6-15(20)22)17(24)21-9-7-12(11-21)16(23)19-14-4-2-3-8-18-14/h2-6,8,10,12H,7,9,11H2,1H3,(H,18,19,23). The van der Waals surface area contributed by atoms with E-state index >= 15 is 0 Å². The number of rotatable bonds is 3. The maximum absolute atomic E-state index is 12.5. The largest absolute Gasteiger partial charge is 0.338 e. The molecule has 1 fully saturated rings. The van der Waals surface area contributed by atoms with E-state index in [4.69, 9.17) is 0 Å². The Morgan fingerprint density at radius 2 is 2.08 bits per heavy atom. The summed E-state index contributed by atoms with van der Waals surface area (Å²) in [7, 11) is 1.60. The molecule has 0 radical (unpaired) electrons. The summed E-state index contributed by atoms with van der Waals surface area (Å²) in [5.41, 5.74) is 0.281. The van der Waals surface area contributed by atoms with Gasteiger partial charge >= 0.3 is 0 Å². The number of amides is 2. The van der Waals surface area contributed by atoms with Crippen LogP contribution in [0.5, 0.6) is 0 Å². The summed E-state index contributed by atoms with van der Waals surface area (Å²) < 4.78 is 1.37. The fourth-order valence-electron chi connectivity index (χ4n) is 2.73. The van der Waals surface area contributed by atoms with Crippen LogP contribution in [0.2, 0.25) is 0 Å². The molecule has 1 N–H and O–H groups in total. The highest BCUT2D eigenvalue weighted by Gasteiger charge is 2.31. The number of likely N-dealkylation sites (tertiary alicyclic amines) is 1. The second-order valence-electron chi connectivity index (χ2n) is 5.81. The van der Waals surface area contributed by atoms with E-state index in [1.165, 1.54) is 22.9 Å². The molecule has 24 heavy (non-hydrogen) atoms. The molecule has 0 bridgehead atoms. The fraction of sp³-hybridized carbons (Fsp3) is 0.294. The lowest BCUT2D eigenvalue weighted by atomic mass is 10.1. The molecule has 2 aromatic heterocycles. The third-order valence-corrected chi connectivity index (χ3v) is 4.10. The minimum absolute atomic E-state index is 0.135. The van der Waals surface area contributed by atoms with Crippen molar-refractivity contribution in [2.45, 2.75) is 6.42 Å². The Hall–Kier alpha value is -2.96. The smallest absolute Gasteiger partial charge is 0.255 e. The fourth-order valence-corrected chi connectivity index (χ4v) is 2.73. The molecule has 0 aliphatic carbocycles. The molecule has 7 heteroatoms. The van der Waals surface area contributed by atoms with Gasteiger partial charge in [-0.1, -0.05) is 6.07 Å². The van der Waals surface area contributed by atoms with E-state index in [9.17, 15) is 14.4 Å². The molecule has 1 aliphatic heterocycles. The number of hydrogen-bond acceptors (Lipinski definition) is 4. The molecule has 1 saturated heterocycles. The van der Waals surface area contributed by atoms with Gasteiger partial charge in [-0.25, -0.2) is 4.98 Å². The Morgan fingerprint density at radius 1 is 1.25 bits per heavy atom. The van der Waals surface area contributed by atoms with Gasteiger partial charge in [0, 0.05) is 38.6 Å². The van der Waals surface area contributed by atoms with Crippen molar-refractivity contribution in [3.05, 3.63) is 58.6 Å². The monoisotopic (exact) mass is 326 g/mol. The Bertz CT molecular complexity index is 816. The molecule has 0 saturated carbocycles. The van der Waals surface area contributed by atoms with Crippen molar-refractivity contribution in [2.75, 3.05) is 18.4 Å². The molecule has 0 spiro atoms. The van der Waals surface area contributed by atoms with Gasteiger partial charge in [-0.3, -0.25) is 14.4 Å². The van der Waals surface area contributed by atoms with Crippen LogP contribution in [0.3, 0.4) is 0 Å². The van der Waals surface area contributed by atoms with E-state index in [-0.39, 0.29) is 23.3 Å². The number of carbonyl (C=O) groups excluding carboxylic acids is 2. The van der Waals surface area contributed by atoms with E-state index in [0.717, 1.165) is 0 Å². The van der Waals surface area contributed by atoms with Crippen LogP contribution in [0.15, 0.2) is 47.5 Å². The molecule has 3 heterocycles. The quantitative estimate of drug-likeness (QED) is 0.907. The highest BCUT2D eigenvalue weighted by Crippen LogP contribution is 2.20. The van der Waals surface area contributed by atoms with Crippen LogP contribution in [-0.4, -0.2) is 39.4 Å². The maximum atomic E-state index is 12.5. The minimum atomic E-state index is -0.261. The molecule has 3 rings (SSSR count). The predicted octanol–water partition coefficient (Wildman–Crippen LogP) is 0.881. The summed E-state index contributed by atoms with van der Waals surface area (Å²) in [5, 5.41) is 2.77. The van der Waals surface area contributed by atoms with Gasteiger partial charge in [0.2, 0.25) is 11.5 Å². The summed E-state index contributed by atoms with van der Waals surface area (Å²) in [4.78, 5) is 41.9. The van der Waals surface area contributed by atoms with E-state index in [2.05, 4.69) is 10.3 Å². The zero-order valence-corrected chi connectivity index (χ0v) is 13.3. The van der Waals surface area contributed by atoms with E-state index in [1.54, 1.807) is 36.3 Å². The van der Waals surface area contributed by atoms with Gasteiger partial charge in [-0.15, -0.1) is 0 Å². The highest BCUT2D eigenvalue weighted by atomic mass is 16.2. The number of pyridine rings is 2. The Labute approximate surface area is 138 Å². The normalized spacial score (nSPS) is 16.9. The number of carbonyl (C=O) groups is 2. The summed E-state index contributed by atoms with van der Waals surface area (Å²) >= 11 is 0. The first kappa shape index (κ1) is 15.9. The Kier molecular flexibility index (Phi) is 4.41. The van der Waals surface area contributed by atoms with Crippen LogP contribution in [0.4, 0.5) is 5.82 Å². The minimum Gasteiger partial charge on any atom is -0.338 e. The Balaban J connectivity index is 1.64. The molecule has 1 unspecified atom stereocenters. The lowest BCUT2D eigenvalue weighted by molar-refractivity contribution is -0.119. The van der Waals surface area contributed by atoms with Crippen molar-refractivity contribution < 1.29 is 9.59 Å². The van der Waals surface area contributed by atoms with E-state index in [0.29, 0.717) is 30.9 Å². The average Bonchev–Trinajstić information content (AvgIpc) is 3.08. The summed E-state index contributed by atoms with van der Waals surface area (Å²) in [6.45, 7) is 0.877. The first-order chi connectivity index (χ1) is 11.5. The first-order valence-corrected chi connectivity index (χ1v) is 7.72. The lowest BCUT2D eigenvalue weighted by Gasteiger charge is -2.16. The van der Waals surface area contributed by atoms with Gasteiger partial charge in [-0.05, 0) is 24.6 Å². The molecular weight excluding hydrogens is 308 g/mol. The van der Waals surface area contributed by atoms with Crippen LogP contribution in [0, 0.1) is 5.92 Å². The molecule has 2 aromatic rings. The van der Waals surface area contributed by atoms with Gasteiger partial charge in [0.25, 0.3) is 5.91 Å². The molecule has 124 valence electrons. The van der Waals surface area contributed by atoms with Gasteiger partial charge in [0.1, 0.15) is 5.82 Å². The van der Waals surface area contributed by atoms with Crippen LogP contribution in [-0.2, 0) is 11.8 Å². The van der Waals surface area contributed by atoms with Gasteiger partial charge in [0.15, 0.2) is 0 Å². The van der Waals surface area contributed by atoms with Crippen molar-refractivity contribution in [1.29, 1.82) is 0 Å². The average molecular weight is 326 g/mol. The van der Waals surface area contributed by atoms with Crippen molar-refractivity contribution in [3.63, 3.8) is 0 Å². The topological polar surface area (TPSA) is 84.3 Å². The Morgan fingerprint density at radius 3 is 2.79 bits per heavy atom. The zero-order chi connectivity index (χ0) is 17.1. The number of anilines is 1. The second kappa shape index (κ2) is 6.66. The summed E-state index contributed by atoms with van der Waals surface area (Å²) in [6, 6.07) is 8.19. The lowest BCUT2D eigenvalue weighted by Crippen LogP contribution is -2.32. The van der Waals surface area contributed by atoms with Crippen LogP contribution in [0.1, 0.15) is 16.8 Å². The highest BCUT2D eigenvalue weighted by molar-refractivity contribution is 5.96. The van der Waals surface area contributed by atoms with Crippen LogP contribution < -0.4 is 10.9 Å². The number of nitrogens with zero attached hydrogens (tertiary/aromatic N) is 3. The van der Waals surface area contributed by atoms with E-state index in [1.807, 2.05) is 0 Å². The maximum Gasteiger partial charge on any atom is 0.255 e. The number of hydrogen-bond donors (Lipinski definition) is 1. The van der Waals surface area contributed by atoms with Crippen LogP contribution in [0.25, 0.3) is 0 Å². The molecular formula is C17H18N4O3. The molecule has 1 aliphatic rings. The van der Waals surface area contributed by atoms with Gasteiger partial charge in [-0.2, -0.15) is 0 Å². The van der Waals surface area contributed by atoms with E-state index < -0.39 is 0 Å². The van der Waals surface area contributed by atoms with Crippen molar-refractivity contribution in [3.8, 4) is 0 Å². The number of nitrogens with one attached hydrogen (secondary N) is 1. The summed E-state index contributed by atoms with van der Waals surface area (Å²) in [6.07, 6.45) is 3.74. The SMILES string of the molecule is Cn1cc(C(=O)N2CCC(C(=O)Nc3ccccn3)C2)ccc1=O. The molecule has 2 amide bonds. The number of aryl methyl sites for hydroxylation is 1. The summed E-state index contributed by atoms with van der Waals surface area (Å²) in [5.74, 6) is -0.0583. The van der Waals surface area contributed by atoms with Crippen molar-refractivity contribution in [2.24, 2.45) is 13.0 Å². The third kappa shape index (κ3) is 3.34. The van der Waals surface area contributed by atoms with Crippen LogP contribution >= 0.6 is 0 Å². The molecule has 0 aromatic carbocycles. The molecule has 1 atom stereocenters. The second-order valence-corrected chi connectivity index (χ2v) is 5.81. The third-order valence-electron chi connectivity index (χ3n) is 4.10. The van der Waals surface area contributed by atoms with Gasteiger partial charge in [0.05, 0.1) is 11.5 Å². The first-order valence-electron chi connectivity index (χ1n) is 7.72.